The highest BCUT2D eigenvalue weighted by atomic mass is 32.2. The van der Waals surface area contributed by atoms with Crippen LogP contribution in [0, 0.1) is 11.8 Å². The Morgan fingerprint density at radius 1 is 1.37 bits per heavy atom. The first-order valence-corrected chi connectivity index (χ1v) is 7.75. The van der Waals surface area contributed by atoms with Crippen LogP contribution >= 0.6 is 11.8 Å². The maximum Gasteiger partial charge on any atom is 0.120 e. The van der Waals surface area contributed by atoms with Crippen LogP contribution < -0.4 is 10.5 Å². The van der Waals surface area contributed by atoms with Crippen molar-refractivity contribution in [3.8, 4) is 17.6 Å². The normalized spacial score (nSPS) is 10.1. The summed E-state index contributed by atoms with van der Waals surface area (Å²) >= 11 is 1.86. The number of likely N-dealkylation sites (N-methyl/N-ethyl adjacent to an activating group) is 1. The molecule has 0 saturated carbocycles. The number of rotatable bonds is 7. The zero-order valence-corrected chi connectivity index (χ0v) is 12.5. The lowest BCUT2D eigenvalue weighted by Gasteiger charge is -2.16. The van der Waals surface area contributed by atoms with E-state index >= 15 is 0 Å². The molecule has 1 rings (SSSR count). The molecule has 1 aromatic rings. The summed E-state index contributed by atoms with van der Waals surface area (Å²) in [7, 11) is 2.11. The molecule has 19 heavy (non-hydrogen) atoms. The second-order valence-corrected chi connectivity index (χ2v) is 5.16. The van der Waals surface area contributed by atoms with Crippen LogP contribution in [0.4, 0.5) is 0 Å². The van der Waals surface area contributed by atoms with Gasteiger partial charge in [-0.15, -0.1) is 0 Å². The summed E-state index contributed by atoms with van der Waals surface area (Å²) in [6.45, 7) is 3.09. The van der Waals surface area contributed by atoms with E-state index in [0.29, 0.717) is 13.2 Å². The van der Waals surface area contributed by atoms with Crippen LogP contribution in [0.3, 0.4) is 0 Å². The van der Waals surface area contributed by atoms with Gasteiger partial charge < -0.3 is 15.4 Å². The molecule has 0 unspecified atom stereocenters. The first kappa shape index (κ1) is 15.9. The zero-order chi connectivity index (χ0) is 13.9. The number of thioether (sulfide) groups is 1. The van der Waals surface area contributed by atoms with Crippen LogP contribution in [0.1, 0.15) is 5.56 Å². The Balaban J connectivity index is 2.36. The summed E-state index contributed by atoms with van der Waals surface area (Å²) in [6.07, 6.45) is 2.12. The summed E-state index contributed by atoms with van der Waals surface area (Å²) in [5.41, 5.74) is 6.30. The number of benzene rings is 1. The molecule has 0 radical (unpaired) electrons. The fourth-order valence-corrected chi connectivity index (χ4v) is 1.99. The van der Waals surface area contributed by atoms with E-state index in [0.717, 1.165) is 30.2 Å². The third-order valence-corrected chi connectivity index (χ3v) is 3.18. The quantitative estimate of drug-likeness (QED) is 0.770. The topological polar surface area (TPSA) is 38.5 Å². The Morgan fingerprint density at radius 2 is 2.21 bits per heavy atom. The highest BCUT2D eigenvalue weighted by Gasteiger charge is 1.99. The molecule has 104 valence electrons. The Bertz CT molecular complexity index is 426. The maximum atomic E-state index is 5.73. The van der Waals surface area contributed by atoms with Gasteiger partial charge in [0.05, 0.1) is 6.54 Å². The highest BCUT2D eigenvalue weighted by Crippen LogP contribution is 2.12. The van der Waals surface area contributed by atoms with Crippen molar-refractivity contribution in [2.45, 2.75) is 0 Å². The van der Waals surface area contributed by atoms with Gasteiger partial charge in [-0.05, 0) is 31.5 Å². The minimum absolute atomic E-state index is 0.380. The Labute approximate surface area is 120 Å². The monoisotopic (exact) mass is 278 g/mol. The lowest BCUT2D eigenvalue weighted by molar-refractivity contribution is 0.245. The van der Waals surface area contributed by atoms with E-state index in [4.69, 9.17) is 10.5 Å². The number of nitrogens with two attached hydrogens (primary N) is 1. The Kier molecular flexibility index (Phi) is 8.15. The predicted octanol–water partition coefficient (Wildman–Crippen LogP) is 1.67. The van der Waals surface area contributed by atoms with E-state index in [1.165, 1.54) is 0 Å². The summed E-state index contributed by atoms with van der Waals surface area (Å²) in [5.74, 6) is 7.86. The van der Waals surface area contributed by atoms with Gasteiger partial charge in [0.25, 0.3) is 0 Å². The molecule has 0 bridgehead atoms. The van der Waals surface area contributed by atoms with Crippen molar-refractivity contribution in [3.63, 3.8) is 0 Å². The van der Waals surface area contributed by atoms with Crippen molar-refractivity contribution in [1.29, 1.82) is 0 Å². The van der Waals surface area contributed by atoms with Gasteiger partial charge in [0.1, 0.15) is 12.4 Å². The lowest BCUT2D eigenvalue weighted by Crippen LogP contribution is -2.26. The number of hydrogen-bond acceptors (Lipinski definition) is 4. The van der Waals surface area contributed by atoms with Crippen LogP contribution in [0.5, 0.6) is 5.75 Å². The molecule has 0 saturated heterocycles. The molecule has 0 heterocycles. The minimum atomic E-state index is 0.380. The fourth-order valence-electron chi connectivity index (χ4n) is 1.49. The molecule has 0 aliphatic carbocycles. The number of nitrogens with zero attached hydrogens (tertiary/aromatic N) is 1. The third-order valence-electron chi connectivity index (χ3n) is 2.59. The molecule has 3 nitrogen and oxygen atoms in total. The summed E-state index contributed by atoms with van der Waals surface area (Å²) < 4.78 is 5.73. The van der Waals surface area contributed by atoms with Gasteiger partial charge in [-0.3, -0.25) is 0 Å². The van der Waals surface area contributed by atoms with Crippen molar-refractivity contribution >= 4 is 11.8 Å². The van der Waals surface area contributed by atoms with Gasteiger partial charge in [-0.2, -0.15) is 11.8 Å². The van der Waals surface area contributed by atoms with Crippen LogP contribution in [0.15, 0.2) is 24.3 Å². The third kappa shape index (κ3) is 7.12. The first-order valence-electron chi connectivity index (χ1n) is 6.35. The largest absolute Gasteiger partial charge is 0.492 e. The van der Waals surface area contributed by atoms with Crippen molar-refractivity contribution in [2.75, 3.05) is 45.3 Å². The number of hydrogen-bond donors (Lipinski definition) is 1. The van der Waals surface area contributed by atoms with Gasteiger partial charge in [-0.1, -0.05) is 17.9 Å². The second-order valence-electron chi connectivity index (χ2n) is 4.18. The first-order chi connectivity index (χ1) is 9.26. The van der Waals surface area contributed by atoms with Gasteiger partial charge in [-0.25, -0.2) is 0 Å². The standard InChI is InChI=1S/C15H22N2OS/c1-17(10-12-19-2)9-11-18-15-7-3-5-14(13-15)6-4-8-16/h3,5,7,13H,8-12,16H2,1-2H3. The smallest absolute Gasteiger partial charge is 0.120 e. The van der Waals surface area contributed by atoms with E-state index in [1.54, 1.807) is 0 Å². The fraction of sp³-hybridized carbons (Fsp3) is 0.467. The second kappa shape index (κ2) is 9.74. The average Bonchev–Trinajstić information content (AvgIpc) is 2.43. The predicted molar refractivity (Wildman–Crippen MR) is 83.7 cm³/mol. The highest BCUT2D eigenvalue weighted by molar-refractivity contribution is 7.98. The molecule has 0 aromatic heterocycles. The molecule has 0 aliphatic rings. The van der Waals surface area contributed by atoms with E-state index in [2.05, 4.69) is 30.0 Å². The van der Waals surface area contributed by atoms with Crippen molar-refractivity contribution in [3.05, 3.63) is 29.8 Å². The molecule has 4 heteroatoms. The summed E-state index contributed by atoms with van der Waals surface area (Å²) in [6, 6.07) is 7.81. The van der Waals surface area contributed by atoms with Crippen LogP contribution in [0.25, 0.3) is 0 Å². The molecule has 2 N–H and O–H groups in total. The minimum Gasteiger partial charge on any atom is -0.492 e. The molecule has 1 aromatic carbocycles. The lowest BCUT2D eigenvalue weighted by atomic mass is 10.2. The van der Waals surface area contributed by atoms with E-state index in [-0.39, 0.29) is 0 Å². The maximum absolute atomic E-state index is 5.73. The van der Waals surface area contributed by atoms with Crippen molar-refractivity contribution < 1.29 is 4.74 Å². The Morgan fingerprint density at radius 3 is 2.95 bits per heavy atom. The molecule has 0 aliphatic heterocycles. The van der Waals surface area contributed by atoms with Crippen LogP contribution in [-0.2, 0) is 0 Å². The van der Waals surface area contributed by atoms with E-state index in [1.807, 2.05) is 36.0 Å². The molecule has 0 atom stereocenters. The van der Waals surface area contributed by atoms with E-state index < -0.39 is 0 Å². The summed E-state index contributed by atoms with van der Waals surface area (Å²) in [4.78, 5) is 2.27. The van der Waals surface area contributed by atoms with Gasteiger partial charge in [0.15, 0.2) is 0 Å². The molecular weight excluding hydrogens is 256 g/mol. The molecular formula is C15H22N2OS. The SMILES string of the molecule is CSCCN(C)CCOc1cccc(C#CCN)c1. The Hall–Kier alpha value is -1.15. The van der Waals surface area contributed by atoms with Crippen LogP contribution in [0.2, 0.25) is 0 Å². The van der Waals surface area contributed by atoms with Crippen molar-refractivity contribution in [2.24, 2.45) is 5.73 Å². The van der Waals surface area contributed by atoms with Crippen LogP contribution in [-0.4, -0.2) is 50.2 Å². The van der Waals surface area contributed by atoms with Gasteiger partial charge in [0, 0.05) is 24.4 Å². The number of ether oxygens (including phenoxy) is 1. The summed E-state index contributed by atoms with van der Waals surface area (Å²) in [5, 5.41) is 0. The molecule has 0 spiro atoms. The molecule has 0 fully saturated rings. The van der Waals surface area contributed by atoms with Gasteiger partial charge >= 0.3 is 0 Å². The van der Waals surface area contributed by atoms with E-state index in [9.17, 15) is 0 Å². The van der Waals surface area contributed by atoms with Crippen molar-refractivity contribution in [1.82, 2.24) is 4.90 Å². The van der Waals surface area contributed by atoms with Gasteiger partial charge in [0.2, 0.25) is 0 Å². The zero-order valence-electron chi connectivity index (χ0n) is 11.7. The average molecular weight is 278 g/mol. The molecule has 0 amide bonds.